The highest BCUT2D eigenvalue weighted by molar-refractivity contribution is 5.76. The summed E-state index contributed by atoms with van der Waals surface area (Å²) in [6.45, 7) is 1.29. The van der Waals surface area contributed by atoms with E-state index in [1.165, 1.54) is 18.2 Å². The van der Waals surface area contributed by atoms with Gasteiger partial charge in [0, 0.05) is 25.5 Å². The van der Waals surface area contributed by atoms with Gasteiger partial charge in [-0.25, -0.2) is 9.37 Å². The van der Waals surface area contributed by atoms with Crippen molar-refractivity contribution < 1.29 is 14.3 Å². The SMILES string of the molecule is O=C(CC(O)c1cccc(F)c1)NCCCn1ccnc1. The summed E-state index contributed by atoms with van der Waals surface area (Å²) in [6.07, 6.45) is 4.99. The lowest BCUT2D eigenvalue weighted by molar-refractivity contribution is -0.123. The van der Waals surface area contributed by atoms with E-state index in [9.17, 15) is 14.3 Å². The van der Waals surface area contributed by atoms with Crippen LogP contribution in [0.2, 0.25) is 0 Å². The van der Waals surface area contributed by atoms with Crippen molar-refractivity contribution in [2.24, 2.45) is 0 Å². The average Bonchev–Trinajstić information content (AvgIpc) is 2.97. The third kappa shape index (κ3) is 5.00. The fourth-order valence-electron chi connectivity index (χ4n) is 1.99. The summed E-state index contributed by atoms with van der Waals surface area (Å²) in [6, 6.07) is 5.64. The number of aliphatic hydroxyl groups excluding tert-OH is 1. The number of hydrogen-bond acceptors (Lipinski definition) is 3. The molecule has 1 unspecified atom stereocenters. The van der Waals surface area contributed by atoms with Crippen molar-refractivity contribution in [2.75, 3.05) is 6.54 Å². The number of aliphatic hydroxyl groups is 1. The number of carbonyl (C=O) groups is 1. The van der Waals surface area contributed by atoms with Gasteiger partial charge >= 0.3 is 0 Å². The summed E-state index contributed by atoms with van der Waals surface area (Å²) >= 11 is 0. The first-order chi connectivity index (χ1) is 10.1. The Kier molecular flexibility index (Phi) is 5.45. The predicted octanol–water partition coefficient (Wildman–Crippen LogP) is 1.65. The van der Waals surface area contributed by atoms with Crippen LogP contribution in [-0.4, -0.2) is 27.1 Å². The molecule has 1 aromatic heterocycles. The van der Waals surface area contributed by atoms with E-state index in [2.05, 4.69) is 10.3 Å². The number of aryl methyl sites for hydroxylation is 1. The molecule has 1 atom stereocenters. The van der Waals surface area contributed by atoms with Crippen molar-refractivity contribution in [3.63, 3.8) is 0 Å². The van der Waals surface area contributed by atoms with Crippen molar-refractivity contribution in [1.82, 2.24) is 14.9 Å². The van der Waals surface area contributed by atoms with Gasteiger partial charge in [0.2, 0.25) is 5.91 Å². The molecule has 1 amide bonds. The predicted molar refractivity (Wildman–Crippen MR) is 75.8 cm³/mol. The van der Waals surface area contributed by atoms with E-state index in [0.717, 1.165) is 13.0 Å². The monoisotopic (exact) mass is 291 g/mol. The maximum absolute atomic E-state index is 13.0. The zero-order chi connectivity index (χ0) is 15.1. The lowest BCUT2D eigenvalue weighted by Gasteiger charge is -2.11. The van der Waals surface area contributed by atoms with Crippen molar-refractivity contribution in [1.29, 1.82) is 0 Å². The number of nitrogens with zero attached hydrogens (tertiary/aromatic N) is 2. The number of carbonyl (C=O) groups excluding carboxylic acids is 1. The Balaban J connectivity index is 1.69. The van der Waals surface area contributed by atoms with Crippen LogP contribution >= 0.6 is 0 Å². The number of hydrogen-bond donors (Lipinski definition) is 2. The van der Waals surface area contributed by atoms with Gasteiger partial charge in [0.15, 0.2) is 0 Å². The molecule has 0 saturated heterocycles. The van der Waals surface area contributed by atoms with Crippen LogP contribution in [0.5, 0.6) is 0 Å². The van der Waals surface area contributed by atoms with E-state index >= 15 is 0 Å². The minimum Gasteiger partial charge on any atom is -0.388 e. The molecule has 112 valence electrons. The topological polar surface area (TPSA) is 67.2 Å². The van der Waals surface area contributed by atoms with Crippen LogP contribution in [-0.2, 0) is 11.3 Å². The molecule has 0 aliphatic heterocycles. The average molecular weight is 291 g/mol. The lowest BCUT2D eigenvalue weighted by atomic mass is 10.1. The highest BCUT2D eigenvalue weighted by Gasteiger charge is 2.13. The number of benzene rings is 1. The minimum atomic E-state index is -0.991. The maximum Gasteiger partial charge on any atom is 0.222 e. The van der Waals surface area contributed by atoms with Crippen molar-refractivity contribution in [3.8, 4) is 0 Å². The molecule has 5 nitrogen and oxygen atoms in total. The highest BCUT2D eigenvalue weighted by Crippen LogP contribution is 2.17. The molecule has 1 aromatic carbocycles. The Morgan fingerprint density at radius 3 is 3.05 bits per heavy atom. The number of imidazole rings is 1. The minimum absolute atomic E-state index is 0.0749. The van der Waals surface area contributed by atoms with E-state index < -0.39 is 11.9 Å². The Bertz CT molecular complexity index is 572. The van der Waals surface area contributed by atoms with Gasteiger partial charge in [0.05, 0.1) is 18.9 Å². The zero-order valence-corrected chi connectivity index (χ0v) is 11.6. The molecule has 2 N–H and O–H groups in total. The van der Waals surface area contributed by atoms with E-state index in [0.29, 0.717) is 12.1 Å². The number of halogens is 1. The molecule has 0 aliphatic rings. The number of amides is 1. The lowest BCUT2D eigenvalue weighted by Crippen LogP contribution is -2.26. The second-order valence-corrected chi connectivity index (χ2v) is 4.78. The van der Waals surface area contributed by atoms with Gasteiger partial charge in [-0.3, -0.25) is 4.79 Å². The number of rotatable bonds is 7. The van der Waals surface area contributed by atoms with Crippen LogP contribution in [0.15, 0.2) is 43.0 Å². The Morgan fingerprint density at radius 1 is 1.48 bits per heavy atom. The molecule has 2 aromatic rings. The van der Waals surface area contributed by atoms with Gasteiger partial charge in [-0.2, -0.15) is 0 Å². The fourth-order valence-corrected chi connectivity index (χ4v) is 1.99. The number of aromatic nitrogens is 2. The molecule has 0 fully saturated rings. The second-order valence-electron chi connectivity index (χ2n) is 4.78. The molecule has 0 spiro atoms. The first kappa shape index (κ1) is 15.2. The first-order valence-corrected chi connectivity index (χ1v) is 6.81. The Labute approximate surface area is 122 Å². The summed E-state index contributed by atoms with van der Waals surface area (Å²) < 4.78 is 15.0. The molecule has 6 heteroatoms. The molecule has 0 aliphatic carbocycles. The van der Waals surface area contributed by atoms with Gasteiger partial charge in [-0.05, 0) is 24.1 Å². The van der Waals surface area contributed by atoms with Crippen molar-refractivity contribution in [2.45, 2.75) is 25.5 Å². The van der Waals surface area contributed by atoms with Crippen LogP contribution in [0.3, 0.4) is 0 Å². The largest absolute Gasteiger partial charge is 0.388 e. The van der Waals surface area contributed by atoms with Gasteiger partial charge < -0.3 is 15.0 Å². The summed E-state index contributed by atoms with van der Waals surface area (Å²) in [5, 5.41) is 12.6. The smallest absolute Gasteiger partial charge is 0.222 e. The zero-order valence-electron chi connectivity index (χ0n) is 11.6. The fraction of sp³-hybridized carbons (Fsp3) is 0.333. The van der Waals surface area contributed by atoms with E-state index in [1.807, 2.05) is 10.8 Å². The Morgan fingerprint density at radius 2 is 2.33 bits per heavy atom. The van der Waals surface area contributed by atoms with Crippen LogP contribution in [0.1, 0.15) is 24.5 Å². The van der Waals surface area contributed by atoms with E-state index in [-0.39, 0.29) is 12.3 Å². The summed E-state index contributed by atoms with van der Waals surface area (Å²) in [7, 11) is 0. The number of nitrogens with one attached hydrogen (secondary N) is 1. The third-order valence-electron chi connectivity index (χ3n) is 3.09. The normalized spacial score (nSPS) is 12.1. The van der Waals surface area contributed by atoms with Crippen LogP contribution < -0.4 is 5.32 Å². The van der Waals surface area contributed by atoms with Crippen LogP contribution in [0, 0.1) is 5.82 Å². The maximum atomic E-state index is 13.0. The first-order valence-electron chi connectivity index (χ1n) is 6.81. The molecular weight excluding hydrogens is 273 g/mol. The summed E-state index contributed by atoms with van der Waals surface area (Å²) in [4.78, 5) is 15.6. The van der Waals surface area contributed by atoms with Gasteiger partial charge in [-0.1, -0.05) is 12.1 Å². The molecular formula is C15H18FN3O2. The van der Waals surface area contributed by atoms with Gasteiger partial charge in [-0.15, -0.1) is 0 Å². The summed E-state index contributed by atoms with van der Waals surface area (Å²) in [5.41, 5.74) is 0.406. The molecule has 0 bridgehead atoms. The highest BCUT2D eigenvalue weighted by atomic mass is 19.1. The molecule has 2 rings (SSSR count). The Hall–Kier alpha value is -2.21. The van der Waals surface area contributed by atoms with Gasteiger partial charge in [0.25, 0.3) is 0 Å². The molecule has 0 radical (unpaired) electrons. The quantitative estimate of drug-likeness (QED) is 0.762. The standard InChI is InChI=1S/C15H18FN3O2/c16-13-4-1-3-12(9-13)14(20)10-15(21)18-5-2-7-19-8-6-17-11-19/h1,3-4,6,8-9,11,14,20H,2,5,7,10H2,(H,18,21). The van der Waals surface area contributed by atoms with Crippen LogP contribution in [0.25, 0.3) is 0 Å². The van der Waals surface area contributed by atoms with E-state index in [1.54, 1.807) is 18.6 Å². The van der Waals surface area contributed by atoms with Crippen molar-refractivity contribution >= 4 is 5.91 Å². The molecule has 0 saturated carbocycles. The second kappa shape index (κ2) is 7.54. The van der Waals surface area contributed by atoms with Crippen LogP contribution in [0.4, 0.5) is 4.39 Å². The third-order valence-corrected chi connectivity index (χ3v) is 3.09. The van der Waals surface area contributed by atoms with E-state index in [4.69, 9.17) is 0 Å². The summed E-state index contributed by atoms with van der Waals surface area (Å²) in [5.74, 6) is -0.676. The van der Waals surface area contributed by atoms with Crippen molar-refractivity contribution in [3.05, 3.63) is 54.4 Å². The molecule has 21 heavy (non-hydrogen) atoms. The van der Waals surface area contributed by atoms with Gasteiger partial charge in [0.1, 0.15) is 5.82 Å². The molecule has 1 heterocycles.